The van der Waals surface area contributed by atoms with Crippen molar-refractivity contribution >= 4 is 5.96 Å². The smallest absolute Gasteiger partial charge is 0.203 e. The van der Waals surface area contributed by atoms with Crippen molar-refractivity contribution in [2.24, 2.45) is 16.6 Å². The van der Waals surface area contributed by atoms with E-state index in [9.17, 15) is 0 Å². The van der Waals surface area contributed by atoms with Crippen LogP contribution in [0.3, 0.4) is 0 Å². The first-order valence-corrected chi connectivity index (χ1v) is 4.66. The van der Waals surface area contributed by atoms with Gasteiger partial charge in [0.2, 0.25) is 5.96 Å². The summed E-state index contributed by atoms with van der Waals surface area (Å²) >= 11 is 0. The fourth-order valence-electron chi connectivity index (χ4n) is 1.25. The summed E-state index contributed by atoms with van der Waals surface area (Å²) in [5, 5.41) is 0. The number of nitrogens with one attached hydrogen (secondary N) is 1. The molecular formula is C10H16N4O. The molecule has 5 nitrogen and oxygen atoms in total. The highest BCUT2D eigenvalue weighted by Gasteiger charge is 2.00. The van der Waals surface area contributed by atoms with Crippen LogP contribution in [0.25, 0.3) is 0 Å². The van der Waals surface area contributed by atoms with Crippen molar-refractivity contribution < 1.29 is 4.74 Å². The topological polar surface area (TPSA) is 85.7 Å². The molecule has 0 aromatic heterocycles. The van der Waals surface area contributed by atoms with Gasteiger partial charge in [-0.1, -0.05) is 18.2 Å². The molecule has 15 heavy (non-hydrogen) atoms. The number of para-hydroxylation sites is 1. The Balaban J connectivity index is 2.57. The summed E-state index contributed by atoms with van der Waals surface area (Å²) < 4.78 is 5.21. The number of hydrogen-bond acceptors (Lipinski definition) is 3. The van der Waals surface area contributed by atoms with E-state index in [1.165, 1.54) is 0 Å². The summed E-state index contributed by atoms with van der Waals surface area (Å²) in [4.78, 5) is 4.02. The molecule has 0 saturated carbocycles. The van der Waals surface area contributed by atoms with E-state index in [-0.39, 0.29) is 5.96 Å². The Morgan fingerprint density at radius 1 is 1.47 bits per heavy atom. The molecule has 0 heterocycles. The van der Waals surface area contributed by atoms with Gasteiger partial charge in [0.1, 0.15) is 5.75 Å². The Kier molecular flexibility index (Phi) is 4.43. The molecule has 0 aliphatic rings. The molecule has 1 aromatic rings. The van der Waals surface area contributed by atoms with Crippen LogP contribution in [0.4, 0.5) is 0 Å². The van der Waals surface area contributed by atoms with E-state index in [1.807, 2.05) is 24.3 Å². The highest BCUT2D eigenvalue weighted by atomic mass is 16.5. The number of rotatable bonds is 4. The number of benzene rings is 1. The Bertz CT molecular complexity index is 338. The van der Waals surface area contributed by atoms with Crippen molar-refractivity contribution in [2.45, 2.75) is 6.42 Å². The number of nitrogens with zero attached hydrogens (tertiary/aromatic N) is 1. The zero-order valence-corrected chi connectivity index (χ0v) is 8.73. The average Bonchev–Trinajstić information content (AvgIpc) is 2.29. The second kappa shape index (κ2) is 5.87. The lowest BCUT2D eigenvalue weighted by atomic mass is 10.1. The highest BCUT2D eigenvalue weighted by Crippen LogP contribution is 2.17. The van der Waals surface area contributed by atoms with E-state index in [0.29, 0.717) is 6.54 Å². The van der Waals surface area contributed by atoms with E-state index in [1.54, 1.807) is 7.11 Å². The summed E-state index contributed by atoms with van der Waals surface area (Å²) in [6.45, 7) is 0.580. The Hall–Kier alpha value is -1.75. The summed E-state index contributed by atoms with van der Waals surface area (Å²) in [6.07, 6.45) is 0.770. The monoisotopic (exact) mass is 208 g/mol. The molecule has 0 amide bonds. The molecule has 0 unspecified atom stereocenters. The molecule has 5 heteroatoms. The minimum Gasteiger partial charge on any atom is -0.496 e. The zero-order valence-electron chi connectivity index (χ0n) is 8.73. The SMILES string of the molecule is COc1ccccc1CCN=C(N)NN. The van der Waals surface area contributed by atoms with E-state index < -0.39 is 0 Å². The number of hydrazine groups is 1. The van der Waals surface area contributed by atoms with Gasteiger partial charge in [-0.05, 0) is 18.1 Å². The molecule has 0 aliphatic carbocycles. The first kappa shape index (κ1) is 11.3. The van der Waals surface area contributed by atoms with Crippen molar-refractivity contribution in [3.8, 4) is 5.75 Å². The largest absolute Gasteiger partial charge is 0.496 e. The van der Waals surface area contributed by atoms with Crippen molar-refractivity contribution in [3.63, 3.8) is 0 Å². The summed E-state index contributed by atoms with van der Waals surface area (Å²) in [6, 6.07) is 7.82. The maximum Gasteiger partial charge on any atom is 0.203 e. The second-order valence-corrected chi connectivity index (χ2v) is 2.97. The van der Waals surface area contributed by atoms with Gasteiger partial charge in [0.15, 0.2) is 0 Å². The lowest BCUT2D eigenvalue weighted by molar-refractivity contribution is 0.410. The van der Waals surface area contributed by atoms with Crippen molar-refractivity contribution in [1.82, 2.24) is 5.43 Å². The number of methoxy groups -OCH3 is 1. The van der Waals surface area contributed by atoms with Crippen molar-refractivity contribution in [1.29, 1.82) is 0 Å². The minimum atomic E-state index is 0.241. The molecule has 1 rings (SSSR count). The third kappa shape index (κ3) is 3.47. The second-order valence-electron chi connectivity index (χ2n) is 2.97. The number of nitrogens with two attached hydrogens (primary N) is 2. The molecule has 5 N–H and O–H groups in total. The van der Waals surface area contributed by atoms with Gasteiger partial charge in [-0.3, -0.25) is 10.4 Å². The maximum atomic E-state index is 5.39. The van der Waals surface area contributed by atoms with Gasteiger partial charge < -0.3 is 10.5 Å². The summed E-state index contributed by atoms with van der Waals surface area (Å²) in [7, 11) is 1.65. The Morgan fingerprint density at radius 3 is 2.87 bits per heavy atom. The number of hydrogen-bond donors (Lipinski definition) is 3. The van der Waals surface area contributed by atoms with E-state index in [4.69, 9.17) is 16.3 Å². The van der Waals surface area contributed by atoms with Gasteiger partial charge in [-0.15, -0.1) is 0 Å². The van der Waals surface area contributed by atoms with E-state index in [0.717, 1.165) is 17.7 Å². The third-order valence-corrected chi connectivity index (χ3v) is 2.00. The van der Waals surface area contributed by atoms with Crippen LogP contribution in [0.1, 0.15) is 5.56 Å². The van der Waals surface area contributed by atoms with Gasteiger partial charge in [-0.2, -0.15) is 0 Å². The van der Waals surface area contributed by atoms with Gasteiger partial charge in [0.05, 0.1) is 7.11 Å². The molecular weight excluding hydrogens is 192 g/mol. The number of aliphatic imine (C=N–C) groups is 1. The molecule has 0 spiro atoms. The summed E-state index contributed by atoms with van der Waals surface area (Å²) in [5.41, 5.74) is 8.77. The highest BCUT2D eigenvalue weighted by molar-refractivity contribution is 5.77. The fourth-order valence-corrected chi connectivity index (χ4v) is 1.25. The fraction of sp³-hybridized carbons (Fsp3) is 0.300. The molecule has 0 saturated heterocycles. The molecule has 1 aromatic carbocycles. The number of guanidine groups is 1. The van der Waals surface area contributed by atoms with Gasteiger partial charge in [-0.25, -0.2) is 5.84 Å². The third-order valence-electron chi connectivity index (χ3n) is 2.00. The van der Waals surface area contributed by atoms with Crippen molar-refractivity contribution in [3.05, 3.63) is 29.8 Å². The first-order valence-electron chi connectivity index (χ1n) is 4.66. The van der Waals surface area contributed by atoms with Crippen LogP contribution in [0.5, 0.6) is 5.75 Å². The molecule has 0 atom stereocenters. The van der Waals surface area contributed by atoms with Crippen LogP contribution in [0.15, 0.2) is 29.3 Å². The van der Waals surface area contributed by atoms with Crippen LogP contribution < -0.4 is 21.7 Å². The van der Waals surface area contributed by atoms with Crippen LogP contribution in [-0.4, -0.2) is 19.6 Å². The predicted molar refractivity (Wildman–Crippen MR) is 60.5 cm³/mol. The van der Waals surface area contributed by atoms with Gasteiger partial charge in [0, 0.05) is 6.54 Å². The zero-order chi connectivity index (χ0) is 11.1. The first-order chi connectivity index (χ1) is 7.27. The number of ether oxygens (including phenoxy) is 1. The van der Waals surface area contributed by atoms with Crippen molar-refractivity contribution in [2.75, 3.05) is 13.7 Å². The normalized spacial score (nSPS) is 11.2. The molecule has 0 bridgehead atoms. The van der Waals surface area contributed by atoms with Crippen LogP contribution in [-0.2, 0) is 6.42 Å². The van der Waals surface area contributed by atoms with Crippen LogP contribution in [0, 0.1) is 0 Å². The maximum absolute atomic E-state index is 5.39. The molecule has 0 aliphatic heterocycles. The minimum absolute atomic E-state index is 0.241. The molecule has 0 fully saturated rings. The summed E-state index contributed by atoms with van der Waals surface area (Å²) in [5.74, 6) is 6.19. The quantitative estimate of drug-likeness (QED) is 0.282. The predicted octanol–water partition coefficient (Wildman–Crippen LogP) is 0.0157. The average molecular weight is 208 g/mol. The Morgan fingerprint density at radius 2 is 2.20 bits per heavy atom. The van der Waals surface area contributed by atoms with Crippen LogP contribution >= 0.6 is 0 Å². The van der Waals surface area contributed by atoms with E-state index in [2.05, 4.69) is 10.4 Å². The van der Waals surface area contributed by atoms with Gasteiger partial charge >= 0.3 is 0 Å². The lowest BCUT2D eigenvalue weighted by Gasteiger charge is -2.06. The van der Waals surface area contributed by atoms with E-state index >= 15 is 0 Å². The van der Waals surface area contributed by atoms with Crippen LogP contribution in [0.2, 0.25) is 0 Å². The Labute approximate surface area is 89.1 Å². The molecule has 0 radical (unpaired) electrons. The molecule has 82 valence electrons. The lowest BCUT2D eigenvalue weighted by Crippen LogP contribution is -2.37. The standard InChI is InChI=1S/C10H16N4O/c1-15-9-5-3-2-4-8(9)6-7-13-10(11)14-12/h2-5H,6-7,12H2,1H3,(H3,11,13,14). The van der Waals surface area contributed by atoms with Gasteiger partial charge in [0.25, 0.3) is 0 Å².